The maximum atomic E-state index is 4.43. The minimum Gasteiger partial charge on any atom is -0.306 e. The van der Waals surface area contributed by atoms with E-state index in [0.29, 0.717) is 0 Å². The summed E-state index contributed by atoms with van der Waals surface area (Å²) in [6.07, 6.45) is 7.37. The predicted molar refractivity (Wildman–Crippen MR) is 78.2 cm³/mol. The number of fused-ring (bicyclic) bond motifs is 1. The van der Waals surface area contributed by atoms with Crippen LogP contribution in [0.3, 0.4) is 0 Å². The van der Waals surface area contributed by atoms with Gasteiger partial charge in [0.2, 0.25) is 0 Å². The molecule has 0 saturated carbocycles. The lowest BCUT2D eigenvalue weighted by atomic mass is 10.2. The van der Waals surface area contributed by atoms with Crippen molar-refractivity contribution < 1.29 is 0 Å². The molecule has 4 nitrogen and oxygen atoms in total. The summed E-state index contributed by atoms with van der Waals surface area (Å²) in [7, 11) is 0. The minimum absolute atomic E-state index is 1.00. The van der Waals surface area contributed by atoms with Gasteiger partial charge in [-0.1, -0.05) is 18.2 Å². The zero-order valence-corrected chi connectivity index (χ0v) is 10.7. The zero-order valence-electron chi connectivity index (χ0n) is 10.7. The Morgan fingerprint density at radius 1 is 0.850 bits per heavy atom. The fourth-order valence-electron chi connectivity index (χ4n) is 2.38. The first-order valence-electron chi connectivity index (χ1n) is 6.43. The van der Waals surface area contributed by atoms with Crippen molar-refractivity contribution in [2.24, 2.45) is 0 Å². The van der Waals surface area contributed by atoms with E-state index in [0.717, 1.165) is 22.4 Å². The van der Waals surface area contributed by atoms with Gasteiger partial charge in [0.25, 0.3) is 0 Å². The van der Waals surface area contributed by atoms with Gasteiger partial charge in [-0.15, -0.1) is 0 Å². The summed E-state index contributed by atoms with van der Waals surface area (Å²) in [6, 6.07) is 16.4. The summed E-state index contributed by atoms with van der Waals surface area (Å²) in [5.41, 5.74) is 4.28. The molecule has 0 amide bonds. The smallest absolute Gasteiger partial charge is 0.100 e. The first-order chi connectivity index (χ1) is 9.92. The number of nitrogens with zero attached hydrogens (tertiary/aromatic N) is 4. The normalized spacial score (nSPS) is 11.0. The quantitative estimate of drug-likeness (QED) is 0.555. The summed E-state index contributed by atoms with van der Waals surface area (Å²) < 4.78 is 4.08. The van der Waals surface area contributed by atoms with E-state index in [1.165, 1.54) is 0 Å². The summed E-state index contributed by atoms with van der Waals surface area (Å²) in [6.45, 7) is 0. The molecule has 0 spiro atoms. The van der Waals surface area contributed by atoms with Gasteiger partial charge < -0.3 is 4.57 Å². The molecule has 2 heterocycles. The molecule has 0 aliphatic carbocycles. The van der Waals surface area contributed by atoms with Crippen LogP contribution in [0, 0.1) is 0 Å². The molecule has 20 heavy (non-hydrogen) atoms. The first-order valence-corrected chi connectivity index (χ1v) is 6.43. The average molecular weight is 260 g/mol. The van der Waals surface area contributed by atoms with Crippen molar-refractivity contribution in [2.45, 2.75) is 0 Å². The number of rotatable bonds is 2. The van der Waals surface area contributed by atoms with Crippen molar-refractivity contribution in [2.75, 3.05) is 0 Å². The van der Waals surface area contributed by atoms with Crippen LogP contribution in [0.4, 0.5) is 0 Å². The van der Waals surface area contributed by atoms with E-state index in [1.807, 2.05) is 41.4 Å². The van der Waals surface area contributed by atoms with Gasteiger partial charge >= 0.3 is 0 Å². The SMILES string of the molecule is c1cc(-n2ccnc2)cc(-n2cnc3ccccc32)c1. The average Bonchev–Trinajstić information content (AvgIpc) is 3.17. The Labute approximate surface area is 116 Å². The Hall–Kier alpha value is -2.88. The highest BCUT2D eigenvalue weighted by molar-refractivity contribution is 5.77. The third-order valence-corrected chi connectivity index (χ3v) is 3.36. The van der Waals surface area contributed by atoms with Crippen LogP contribution in [0.5, 0.6) is 0 Å². The molecule has 0 aliphatic heterocycles. The maximum Gasteiger partial charge on any atom is 0.100 e. The van der Waals surface area contributed by atoms with Gasteiger partial charge in [0.05, 0.1) is 17.4 Å². The number of hydrogen-bond donors (Lipinski definition) is 0. The van der Waals surface area contributed by atoms with Crippen molar-refractivity contribution >= 4 is 11.0 Å². The second-order valence-electron chi connectivity index (χ2n) is 4.59. The van der Waals surface area contributed by atoms with Gasteiger partial charge in [-0.05, 0) is 30.3 Å². The molecule has 0 unspecified atom stereocenters. The molecule has 0 N–H and O–H groups in total. The van der Waals surface area contributed by atoms with Crippen molar-refractivity contribution in [1.29, 1.82) is 0 Å². The van der Waals surface area contributed by atoms with E-state index in [9.17, 15) is 0 Å². The van der Waals surface area contributed by atoms with Gasteiger partial charge in [-0.2, -0.15) is 0 Å². The van der Waals surface area contributed by atoms with Crippen LogP contribution in [-0.4, -0.2) is 19.1 Å². The molecule has 4 heteroatoms. The van der Waals surface area contributed by atoms with Crippen LogP contribution in [0.25, 0.3) is 22.4 Å². The summed E-state index contributed by atoms with van der Waals surface area (Å²) in [5, 5.41) is 0. The molecule has 0 bridgehead atoms. The van der Waals surface area contributed by atoms with Gasteiger partial charge in [-0.25, -0.2) is 9.97 Å². The molecule has 0 fully saturated rings. The third-order valence-electron chi connectivity index (χ3n) is 3.36. The fraction of sp³-hybridized carbons (Fsp3) is 0. The highest BCUT2D eigenvalue weighted by Crippen LogP contribution is 2.19. The summed E-state index contributed by atoms with van der Waals surface area (Å²) >= 11 is 0. The van der Waals surface area contributed by atoms with Crippen molar-refractivity contribution in [1.82, 2.24) is 19.1 Å². The zero-order chi connectivity index (χ0) is 13.4. The Kier molecular flexibility index (Phi) is 2.39. The van der Waals surface area contributed by atoms with Gasteiger partial charge in [0, 0.05) is 23.8 Å². The Morgan fingerprint density at radius 3 is 2.65 bits per heavy atom. The minimum atomic E-state index is 1.00. The van der Waals surface area contributed by atoms with E-state index < -0.39 is 0 Å². The lowest BCUT2D eigenvalue weighted by molar-refractivity contribution is 1.03. The van der Waals surface area contributed by atoms with Crippen LogP contribution >= 0.6 is 0 Å². The molecular weight excluding hydrogens is 248 g/mol. The van der Waals surface area contributed by atoms with Crippen molar-refractivity contribution in [3.05, 3.63) is 73.6 Å². The maximum absolute atomic E-state index is 4.43. The standard InChI is InChI=1S/C16H12N4/c1-2-7-16-15(6-1)18-12-20(16)14-5-3-4-13(10-14)19-9-8-17-11-19/h1-12H. The largest absolute Gasteiger partial charge is 0.306 e. The number of hydrogen-bond acceptors (Lipinski definition) is 2. The molecule has 4 rings (SSSR count). The van der Waals surface area contributed by atoms with Crippen LogP contribution in [0.2, 0.25) is 0 Å². The second kappa shape index (κ2) is 4.35. The highest BCUT2D eigenvalue weighted by Gasteiger charge is 2.04. The van der Waals surface area contributed by atoms with Crippen LogP contribution in [0.15, 0.2) is 73.6 Å². The van der Waals surface area contributed by atoms with Gasteiger partial charge in [0.1, 0.15) is 6.33 Å². The predicted octanol–water partition coefficient (Wildman–Crippen LogP) is 3.21. The van der Waals surface area contributed by atoms with E-state index >= 15 is 0 Å². The molecule has 0 saturated heterocycles. The second-order valence-corrected chi connectivity index (χ2v) is 4.59. The molecule has 96 valence electrons. The molecule has 0 aliphatic rings. The lowest BCUT2D eigenvalue weighted by Crippen LogP contribution is -1.95. The molecule has 0 radical (unpaired) electrons. The topological polar surface area (TPSA) is 35.6 Å². The van der Waals surface area contributed by atoms with E-state index in [2.05, 4.69) is 38.8 Å². The summed E-state index contributed by atoms with van der Waals surface area (Å²) in [4.78, 5) is 8.52. The van der Waals surface area contributed by atoms with E-state index in [4.69, 9.17) is 0 Å². The van der Waals surface area contributed by atoms with Crippen LogP contribution in [0.1, 0.15) is 0 Å². The Morgan fingerprint density at radius 2 is 1.75 bits per heavy atom. The third kappa shape index (κ3) is 1.70. The van der Waals surface area contributed by atoms with E-state index in [1.54, 1.807) is 12.5 Å². The molecule has 2 aromatic heterocycles. The van der Waals surface area contributed by atoms with Crippen LogP contribution in [-0.2, 0) is 0 Å². The molecule has 2 aromatic carbocycles. The molecular formula is C16H12N4. The number of aromatic nitrogens is 4. The molecule has 0 atom stereocenters. The summed E-state index contributed by atoms with van der Waals surface area (Å²) in [5.74, 6) is 0. The van der Waals surface area contributed by atoms with Crippen molar-refractivity contribution in [3.8, 4) is 11.4 Å². The Bertz CT molecular complexity index is 859. The number of imidazole rings is 2. The fourth-order valence-corrected chi connectivity index (χ4v) is 2.38. The molecule has 4 aromatic rings. The number of benzene rings is 2. The van der Waals surface area contributed by atoms with E-state index in [-0.39, 0.29) is 0 Å². The lowest BCUT2D eigenvalue weighted by Gasteiger charge is -2.07. The first kappa shape index (κ1) is 11.0. The number of para-hydroxylation sites is 2. The van der Waals surface area contributed by atoms with Gasteiger partial charge in [0.15, 0.2) is 0 Å². The van der Waals surface area contributed by atoms with Crippen molar-refractivity contribution in [3.63, 3.8) is 0 Å². The monoisotopic (exact) mass is 260 g/mol. The highest BCUT2D eigenvalue weighted by atomic mass is 15.1. The Balaban J connectivity index is 1.88. The van der Waals surface area contributed by atoms with Gasteiger partial charge in [-0.3, -0.25) is 4.57 Å². The van der Waals surface area contributed by atoms with Crippen LogP contribution < -0.4 is 0 Å².